The standard InChI is InChI=1S/C15H21FN6O/c16-11-4-13-15(17)21(7-14(23)22(13)6-11)12-2-1-10(3-12)5-20-9-18-8-19-20/h8-13,17H,1-7H2. The van der Waals surface area contributed by atoms with Gasteiger partial charge in [0.2, 0.25) is 5.91 Å². The maximum atomic E-state index is 13.6. The van der Waals surface area contributed by atoms with Gasteiger partial charge in [-0.2, -0.15) is 5.10 Å². The molecule has 3 fully saturated rings. The van der Waals surface area contributed by atoms with Gasteiger partial charge in [0, 0.05) is 19.0 Å². The minimum absolute atomic E-state index is 0.0362. The summed E-state index contributed by atoms with van der Waals surface area (Å²) in [5, 5.41) is 12.6. The zero-order chi connectivity index (χ0) is 16.0. The van der Waals surface area contributed by atoms with Crippen LogP contribution in [0.25, 0.3) is 0 Å². The van der Waals surface area contributed by atoms with Crippen LogP contribution in [0.3, 0.4) is 0 Å². The number of piperazine rings is 1. The maximum absolute atomic E-state index is 13.6. The summed E-state index contributed by atoms with van der Waals surface area (Å²) in [6.07, 6.45) is 5.51. The van der Waals surface area contributed by atoms with Gasteiger partial charge in [0.1, 0.15) is 24.7 Å². The third-order valence-corrected chi connectivity index (χ3v) is 5.37. The molecule has 124 valence electrons. The van der Waals surface area contributed by atoms with Crippen molar-refractivity contribution in [2.45, 2.75) is 50.5 Å². The number of alkyl halides is 1. The van der Waals surface area contributed by atoms with Gasteiger partial charge in [-0.1, -0.05) is 0 Å². The summed E-state index contributed by atoms with van der Waals surface area (Å²) in [4.78, 5) is 19.7. The molecule has 7 nitrogen and oxygen atoms in total. The van der Waals surface area contributed by atoms with E-state index in [0.717, 1.165) is 25.8 Å². The fourth-order valence-electron chi connectivity index (χ4n) is 4.25. The monoisotopic (exact) mass is 320 g/mol. The van der Waals surface area contributed by atoms with Crippen LogP contribution in [-0.4, -0.2) is 67.7 Å². The van der Waals surface area contributed by atoms with E-state index in [1.807, 2.05) is 9.58 Å². The van der Waals surface area contributed by atoms with Gasteiger partial charge in [-0.05, 0) is 25.2 Å². The van der Waals surface area contributed by atoms with Crippen LogP contribution in [0.15, 0.2) is 12.7 Å². The van der Waals surface area contributed by atoms with Crippen molar-refractivity contribution in [1.29, 1.82) is 5.41 Å². The molecule has 0 bridgehead atoms. The van der Waals surface area contributed by atoms with Crippen molar-refractivity contribution in [1.82, 2.24) is 24.6 Å². The van der Waals surface area contributed by atoms with E-state index in [2.05, 4.69) is 10.1 Å². The Morgan fingerprint density at radius 1 is 1.30 bits per heavy atom. The summed E-state index contributed by atoms with van der Waals surface area (Å²) in [5.74, 6) is 0.877. The zero-order valence-electron chi connectivity index (χ0n) is 12.9. The highest BCUT2D eigenvalue weighted by Crippen LogP contribution is 2.34. The lowest BCUT2D eigenvalue weighted by Gasteiger charge is -2.41. The van der Waals surface area contributed by atoms with Gasteiger partial charge in [0.25, 0.3) is 0 Å². The second-order valence-corrected chi connectivity index (χ2v) is 6.86. The van der Waals surface area contributed by atoms with Crippen molar-refractivity contribution in [3.63, 3.8) is 0 Å². The van der Waals surface area contributed by atoms with Crippen LogP contribution in [0.4, 0.5) is 4.39 Å². The number of rotatable bonds is 3. The number of nitrogens with zero attached hydrogens (tertiary/aromatic N) is 5. The number of halogens is 1. The molecule has 3 aliphatic rings. The van der Waals surface area contributed by atoms with E-state index < -0.39 is 6.17 Å². The van der Waals surface area contributed by atoms with Crippen molar-refractivity contribution >= 4 is 11.7 Å². The highest BCUT2D eigenvalue weighted by atomic mass is 19.1. The minimum Gasteiger partial charge on any atom is -0.346 e. The molecule has 0 spiro atoms. The number of nitrogens with one attached hydrogen (secondary N) is 1. The second kappa shape index (κ2) is 5.58. The van der Waals surface area contributed by atoms with Gasteiger partial charge in [-0.25, -0.2) is 9.37 Å². The van der Waals surface area contributed by atoms with Crippen LogP contribution in [0.1, 0.15) is 25.7 Å². The molecule has 1 N–H and O–H groups in total. The highest BCUT2D eigenvalue weighted by Gasteiger charge is 2.46. The number of carbonyl (C=O) groups excluding carboxylic acids is 1. The first-order chi connectivity index (χ1) is 11.1. The number of amidine groups is 1. The molecule has 0 aromatic carbocycles. The molecule has 4 unspecified atom stereocenters. The molecule has 3 heterocycles. The van der Waals surface area contributed by atoms with E-state index in [9.17, 15) is 9.18 Å². The normalized spacial score (nSPS) is 34.3. The lowest BCUT2D eigenvalue weighted by atomic mass is 10.0. The van der Waals surface area contributed by atoms with Gasteiger partial charge >= 0.3 is 0 Å². The van der Waals surface area contributed by atoms with Gasteiger partial charge in [-0.15, -0.1) is 0 Å². The van der Waals surface area contributed by atoms with Crippen LogP contribution >= 0.6 is 0 Å². The fourth-order valence-corrected chi connectivity index (χ4v) is 4.25. The first kappa shape index (κ1) is 14.6. The molecule has 23 heavy (non-hydrogen) atoms. The predicted octanol–water partition coefficient (Wildman–Crippen LogP) is 0.679. The summed E-state index contributed by atoms with van der Waals surface area (Å²) in [6, 6.07) is -0.151. The lowest BCUT2D eigenvalue weighted by Crippen LogP contribution is -2.59. The average molecular weight is 320 g/mol. The van der Waals surface area contributed by atoms with E-state index in [1.165, 1.54) is 6.33 Å². The summed E-state index contributed by atoms with van der Waals surface area (Å²) in [7, 11) is 0. The quantitative estimate of drug-likeness (QED) is 0.888. The molecule has 1 aromatic rings. The summed E-state index contributed by atoms with van der Waals surface area (Å²) < 4.78 is 15.5. The summed E-state index contributed by atoms with van der Waals surface area (Å²) >= 11 is 0. The minimum atomic E-state index is -0.993. The Bertz CT molecular complexity index is 605. The molecule has 1 aromatic heterocycles. The molecule has 2 aliphatic heterocycles. The molecule has 1 saturated carbocycles. The van der Waals surface area contributed by atoms with E-state index in [1.54, 1.807) is 11.2 Å². The molecular formula is C15H21FN6O. The van der Waals surface area contributed by atoms with Crippen molar-refractivity contribution in [2.75, 3.05) is 13.1 Å². The van der Waals surface area contributed by atoms with Crippen LogP contribution in [-0.2, 0) is 11.3 Å². The van der Waals surface area contributed by atoms with Crippen molar-refractivity contribution < 1.29 is 9.18 Å². The average Bonchev–Trinajstić information content (AvgIpc) is 3.24. The number of hydrogen-bond donors (Lipinski definition) is 1. The molecular weight excluding hydrogens is 299 g/mol. The number of hydrogen-bond acceptors (Lipinski definition) is 4. The largest absolute Gasteiger partial charge is 0.346 e. The molecule has 0 radical (unpaired) electrons. The molecule has 8 heteroatoms. The third-order valence-electron chi connectivity index (χ3n) is 5.37. The SMILES string of the molecule is N=C1C2CC(F)CN2C(=O)CN1C1CCC(Cn2cncn2)C1. The smallest absolute Gasteiger partial charge is 0.242 e. The van der Waals surface area contributed by atoms with Crippen molar-refractivity contribution in [2.24, 2.45) is 5.92 Å². The number of fused-ring (bicyclic) bond motifs is 1. The van der Waals surface area contributed by atoms with Gasteiger partial charge < -0.3 is 9.80 Å². The Hall–Kier alpha value is -1.99. The third kappa shape index (κ3) is 2.60. The molecule has 4 rings (SSSR count). The van der Waals surface area contributed by atoms with E-state index in [4.69, 9.17) is 5.41 Å². The Balaban J connectivity index is 1.42. The fraction of sp³-hybridized carbons (Fsp3) is 0.733. The van der Waals surface area contributed by atoms with E-state index in [-0.39, 0.29) is 37.5 Å². The predicted molar refractivity (Wildman–Crippen MR) is 80.6 cm³/mol. The van der Waals surface area contributed by atoms with Crippen molar-refractivity contribution in [3.05, 3.63) is 12.7 Å². The Labute approximate surface area is 134 Å². The van der Waals surface area contributed by atoms with Crippen molar-refractivity contribution in [3.8, 4) is 0 Å². The first-order valence-corrected chi connectivity index (χ1v) is 8.23. The second-order valence-electron chi connectivity index (χ2n) is 6.86. The lowest BCUT2D eigenvalue weighted by molar-refractivity contribution is -0.134. The molecule has 4 atom stereocenters. The number of amides is 1. The Morgan fingerprint density at radius 2 is 2.17 bits per heavy atom. The Kier molecular flexibility index (Phi) is 3.54. The number of aromatic nitrogens is 3. The van der Waals surface area contributed by atoms with Gasteiger partial charge in [0.15, 0.2) is 0 Å². The summed E-state index contributed by atoms with van der Waals surface area (Å²) in [6.45, 7) is 1.20. The molecule has 1 aliphatic carbocycles. The molecule has 1 amide bonds. The van der Waals surface area contributed by atoms with Crippen LogP contribution in [0, 0.1) is 11.3 Å². The Morgan fingerprint density at radius 3 is 2.96 bits per heavy atom. The highest BCUT2D eigenvalue weighted by molar-refractivity contribution is 5.97. The van der Waals surface area contributed by atoms with Crippen LogP contribution in [0.2, 0.25) is 0 Å². The number of carbonyl (C=O) groups is 1. The van der Waals surface area contributed by atoms with Gasteiger partial charge in [-0.3, -0.25) is 14.9 Å². The van der Waals surface area contributed by atoms with Crippen LogP contribution in [0.5, 0.6) is 0 Å². The van der Waals surface area contributed by atoms with Crippen LogP contribution < -0.4 is 0 Å². The van der Waals surface area contributed by atoms with Gasteiger partial charge in [0.05, 0.1) is 19.1 Å². The van der Waals surface area contributed by atoms with E-state index >= 15 is 0 Å². The summed E-state index contributed by atoms with van der Waals surface area (Å²) in [5.41, 5.74) is 0. The zero-order valence-corrected chi connectivity index (χ0v) is 12.9. The maximum Gasteiger partial charge on any atom is 0.242 e. The molecule has 2 saturated heterocycles. The first-order valence-electron chi connectivity index (χ1n) is 8.23. The van der Waals surface area contributed by atoms with E-state index in [0.29, 0.717) is 11.8 Å². The topological polar surface area (TPSA) is 78.1 Å².